The summed E-state index contributed by atoms with van der Waals surface area (Å²) in [6, 6.07) is 11.9. The first-order chi connectivity index (χ1) is 11.1. The highest BCUT2D eigenvalue weighted by atomic mass is 16.4. The van der Waals surface area contributed by atoms with Gasteiger partial charge in [-0.3, -0.25) is 4.79 Å². The van der Waals surface area contributed by atoms with E-state index < -0.39 is 12.0 Å². The lowest BCUT2D eigenvalue weighted by Crippen LogP contribution is -2.34. The molecular formula is C18H13N2O3-. The van der Waals surface area contributed by atoms with E-state index in [1.807, 2.05) is 6.07 Å². The van der Waals surface area contributed by atoms with Crippen molar-refractivity contribution in [1.29, 1.82) is 5.26 Å². The minimum Gasteiger partial charge on any atom is -0.548 e. The van der Waals surface area contributed by atoms with E-state index in [1.54, 1.807) is 36.4 Å². The number of aldehydes is 1. The third-order valence-corrected chi connectivity index (χ3v) is 3.27. The maximum absolute atomic E-state index is 11.5. The number of nitrogens with one attached hydrogen (secondary N) is 1. The summed E-state index contributed by atoms with van der Waals surface area (Å²) in [6.07, 6.45) is 2.18. The molecule has 1 atom stereocenters. The van der Waals surface area contributed by atoms with Gasteiger partial charge in [0.2, 0.25) is 0 Å². The van der Waals surface area contributed by atoms with Gasteiger partial charge >= 0.3 is 0 Å². The summed E-state index contributed by atoms with van der Waals surface area (Å²) in [5, 5.41) is 23.1. The molecule has 2 aromatic carbocycles. The lowest BCUT2D eigenvalue weighted by atomic mass is 10.00. The van der Waals surface area contributed by atoms with E-state index in [0.717, 1.165) is 0 Å². The molecule has 0 spiro atoms. The molecule has 2 rings (SSSR count). The van der Waals surface area contributed by atoms with E-state index in [2.05, 4.69) is 11.9 Å². The molecule has 0 aromatic heterocycles. The maximum Gasteiger partial charge on any atom is 0.150 e. The Kier molecular flexibility index (Phi) is 4.90. The molecule has 0 aliphatic heterocycles. The SMILES string of the molecule is C=Cc1cc(C=O)cc(C(Nc2ccc(C#N)cc2)C(=O)[O-])c1. The van der Waals surface area contributed by atoms with Crippen molar-refractivity contribution in [2.24, 2.45) is 0 Å². The molecule has 0 radical (unpaired) electrons. The summed E-state index contributed by atoms with van der Waals surface area (Å²) in [5.74, 6) is -1.33. The first-order valence-corrected chi connectivity index (χ1v) is 6.77. The fourth-order valence-corrected chi connectivity index (χ4v) is 2.14. The van der Waals surface area contributed by atoms with Crippen molar-refractivity contribution in [2.75, 3.05) is 5.32 Å². The number of anilines is 1. The molecule has 0 heterocycles. The molecule has 0 saturated carbocycles. The Balaban J connectivity index is 2.38. The minimum atomic E-state index is -1.33. The summed E-state index contributed by atoms with van der Waals surface area (Å²) in [4.78, 5) is 22.5. The number of nitrogens with zero attached hydrogens (tertiary/aromatic N) is 1. The zero-order valence-corrected chi connectivity index (χ0v) is 12.2. The standard InChI is InChI=1S/C18H14N2O3/c1-2-12-7-14(11-21)9-15(8-12)17(18(22)23)20-16-5-3-13(10-19)4-6-16/h2-9,11,17,20H,1H2,(H,22,23)/p-1. The second-order valence-corrected chi connectivity index (χ2v) is 4.84. The van der Waals surface area contributed by atoms with Crippen LogP contribution in [0.3, 0.4) is 0 Å². The second-order valence-electron chi connectivity index (χ2n) is 4.84. The van der Waals surface area contributed by atoms with E-state index in [-0.39, 0.29) is 0 Å². The normalized spacial score (nSPS) is 11.1. The summed E-state index contributed by atoms with van der Waals surface area (Å²) >= 11 is 0. The Morgan fingerprint density at radius 1 is 1.22 bits per heavy atom. The lowest BCUT2D eigenvalue weighted by Gasteiger charge is -2.22. The molecule has 2 aromatic rings. The monoisotopic (exact) mass is 305 g/mol. The van der Waals surface area contributed by atoms with Gasteiger partial charge in [-0.2, -0.15) is 5.26 Å². The van der Waals surface area contributed by atoms with Gasteiger partial charge in [-0.05, 0) is 53.6 Å². The Morgan fingerprint density at radius 3 is 2.39 bits per heavy atom. The van der Waals surface area contributed by atoms with E-state index in [0.29, 0.717) is 34.2 Å². The van der Waals surface area contributed by atoms with E-state index >= 15 is 0 Å². The van der Waals surface area contributed by atoms with Crippen molar-refractivity contribution in [3.8, 4) is 6.07 Å². The van der Waals surface area contributed by atoms with Crippen LogP contribution in [0.2, 0.25) is 0 Å². The number of aliphatic carboxylic acids is 1. The van der Waals surface area contributed by atoms with Crippen LogP contribution in [0.5, 0.6) is 0 Å². The third kappa shape index (κ3) is 3.83. The summed E-state index contributed by atoms with van der Waals surface area (Å²) in [5.41, 5.74) is 2.36. The van der Waals surface area contributed by atoms with Crippen LogP contribution in [0, 0.1) is 11.3 Å². The second kappa shape index (κ2) is 7.05. The average molecular weight is 305 g/mol. The maximum atomic E-state index is 11.5. The summed E-state index contributed by atoms with van der Waals surface area (Å²) < 4.78 is 0. The first-order valence-electron chi connectivity index (χ1n) is 6.77. The van der Waals surface area contributed by atoms with Gasteiger partial charge in [0, 0.05) is 11.3 Å². The molecule has 0 bridgehead atoms. The van der Waals surface area contributed by atoms with Crippen molar-refractivity contribution in [1.82, 2.24) is 0 Å². The average Bonchev–Trinajstić information content (AvgIpc) is 2.59. The quantitative estimate of drug-likeness (QED) is 0.823. The van der Waals surface area contributed by atoms with Gasteiger partial charge in [-0.25, -0.2) is 0 Å². The van der Waals surface area contributed by atoms with Crippen molar-refractivity contribution >= 4 is 24.0 Å². The van der Waals surface area contributed by atoms with Crippen LogP contribution < -0.4 is 10.4 Å². The predicted octanol–water partition coefficient (Wildman–Crippen LogP) is 1.92. The fraction of sp³-hybridized carbons (Fsp3) is 0.0556. The van der Waals surface area contributed by atoms with Crippen LogP contribution in [0.15, 0.2) is 49.0 Å². The largest absolute Gasteiger partial charge is 0.548 e. The summed E-state index contributed by atoms with van der Waals surface area (Å²) in [6.45, 7) is 3.62. The molecule has 0 aliphatic carbocycles. The Labute approximate surface area is 133 Å². The molecule has 1 N–H and O–H groups in total. The van der Waals surface area contributed by atoms with Gasteiger partial charge in [0.15, 0.2) is 0 Å². The molecule has 0 saturated heterocycles. The van der Waals surface area contributed by atoms with Crippen molar-refractivity contribution < 1.29 is 14.7 Å². The smallest absolute Gasteiger partial charge is 0.150 e. The molecule has 5 heteroatoms. The number of carbonyl (C=O) groups is 2. The molecule has 23 heavy (non-hydrogen) atoms. The van der Waals surface area contributed by atoms with Gasteiger partial charge in [0.1, 0.15) is 6.29 Å². The van der Waals surface area contributed by atoms with E-state index in [1.165, 1.54) is 12.1 Å². The van der Waals surface area contributed by atoms with Gasteiger partial charge < -0.3 is 15.2 Å². The highest BCUT2D eigenvalue weighted by Crippen LogP contribution is 2.22. The number of carboxylic acid groups (broad SMARTS) is 1. The number of nitriles is 1. The fourth-order valence-electron chi connectivity index (χ4n) is 2.14. The topological polar surface area (TPSA) is 93.0 Å². The van der Waals surface area contributed by atoms with Crippen molar-refractivity contribution in [3.05, 3.63) is 71.3 Å². The van der Waals surface area contributed by atoms with Gasteiger partial charge in [-0.15, -0.1) is 0 Å². The van der Waals surface area contributed by atoms with Gasteiger partial charge in [0.05, 0.1) is 23.6 Å². The highest BCUT2D eigenvalue weighted by molar-refractivity contribution is 5.81. The molecule has 0 aliphatic rings. The van der Waals surface area contributed by atoms with E-state index in [4.69, 9.17) is 5.26 Å². The van der Waals surface area contributed by atoms with Crippen LogP contribution in [-0.2, 0) is 4.79 Å². The number of carboxylic acids is 1. The number of benzene rings is 2. The van der Waals surface area contributed by atoms with Crippen LogP contribution in [-0.4, -0.2) is 12.3 Å². The van der Waals surface area contributed by atoms with Crippen molar-refractivity contribution in [3.63, 3.8) is 0 Å². The minimum absolute atomic E-state index is 0.352. The Morgan fingerprint density at radius 2 is 1.87 bits per heavy atom. The zero-order valence-electron chi connectivity index (χ0n) is 12.2. The van der Waals surface area contributed by atoms with Gasteiger partial charge in [-0.1, -0.05) is 12.7 Å². The molecular weight excluding hydrogens is 292 g/mol. The van der Waals surface area contributed by atoms with Crippen LogP contribution in [0.1, 0.15) is 33.1 Å². The highest BCUT2D eigenvalue weighted by Gasteiger charge is 2.14. The number of hydrogen-bond donors (Lipinski definition) is 1. The molecule has 0 amide bonds. The lowest BCUT2D eigenvalue weighted by molar-refractivity contribution is -0.307. The molecule has 1 unspecified atom stereocenters. The zero-order chi connectivity index (χ0) is 16.8. The Bertz CT molecular complexity index is 763. The molecule has 5 nitrogen and oxygen atoms in total. The summed E-state index contributed by atoms with van der Waals surface area (Å²) in [7, 11) is 0. The first kappa shape index (κ1) is 16.0. The Hall–Kier alpha value is -3.39. The van der Waals surface area contributed by atoms with E-state index in [9.17, 15) is 14.7 Å². The van der Waals surface area contributed by atoms with Crippen LogP contribution in [0.4, 0.5) is 5.69 Å². The molecule has 0 fully saturated rings. The van der Waals surface area contributed by atoms with Gasteiger partial charge in [0.25, 0.3) is 0 Å². The number of rotatable bonds is 6. The van der Waals surface area contributed by atoms with Crippen LogP contribution in [0.25, 0.3) is 6.08 Å². The molecule has 114 valence electrons. The number of carbonyl (C=O) groups excluding carboxylic acids is 2. The number of hydrogen-bond acceptors (Lipinski definition) is 5. The third-order valence-electron chi connectivity index (χ3n) is 3.27. The van der Waals surface area contributed by atoms with Crippen molar-refractivity contribution in [2.45, 2.75) is 6.04 Å². The predicted molar refractivity (Wildman–Crippen MR) is 84.4 cm³/mol. The van der Waals surface area contributed by atoms with Crippen LogP contribution >= 0.6 is 0 Å².